The lowest BCUT2D eigenvalue weighted by Crippen LogP contribution is -2.65. The van der Waals surface area contributed by atoms with Gasteiger partial charge in [-0.2, -0.15) is 0 Å². The summed E-state index contributed by atoms with van der Waals surface area (Å²) in [5.41, 5.74) is 0.520. The maximum Gasteiger partial charge on any atom is 0.335 e. The summed E-state index contributed by atoms with van der Waals surface area (Å²) in [7, 11) is 0. The van der Waals surface area contributed by atoms with E-state index in [0.29, 0.717) is 5.56 Å². The number of carbonyl (C=O) groups excluding carboxylic acids is 1. The van der Waals surface area contributed by atoms with Crippen LogP contribution in [0.4, 0.5) is 0 Å². The van der Waals surface area contributed by atoms with Gasteiger partial charge in [0.25, 0.3) is 0 Å². The molecule has 2 fully saturated rings. The van der Waals surface area contributed by atoms with Crippen LogP contribution in [0, 0.1) is 0 Å². The normalized spacial score (nSPS) is 37.8. The lowest BCUT2D eigenvalue weighted by Gasteiger charge is -2.45. The largest absolute Gasteiger partial charge is 0.508 e. The van der Waals surface area contributed by atoms with Crippen molar-refractivity contribution >= 4 is 18.0 Å². The molecular weight excluding hydrogens is 476 g/mol. The van der Waals surface area contributed by atoms with E-state index in [2.05, 4.69) is 0 Å². The number of carbonyl (C=O) groups is 2. The standard InChI is InChI=1S/C21H26O14/c22-7-10-12(25)14(27)18(35-20-16(29)13(26)15(28)17(34-20)19(30)31)21(32-10)33-11(24)6-3-8-1-4-9(23)5-2-8/h1-6,10,12-18,20-23,25-29H,7H2,(H,30,31)/t10-,12-,13+,14+,15+,16-,17+,18-,20+,21+/m1/s1. The topological polar surface area (TPSA) is 233 Å². The summed E-state index contributed by atoms with van der Waals surface area (Å²) in [4.78, 5) is 23.6. The van der Waals surface area contributed by atoms with Gasteiger partial charge in [-0.25, -0.2) is 9.59 Å². The molecule has 0 amide bonds. The minimum Gasteiger partial charge on any atom is -0.508 e. The van der Waals surface area contributed by atoms with Crippen molar-refractivity contribution in [2.24, 2.45) is 0 Å². The van der Waals surface area contributed by atoms with Crippen LogP contribution in [0.3, 0.4) is 0 Å². The van der Waals surface area contributed by atoms with E-state index in [0.717, 1.165) is 6.08 Å². The van der Waals surface area contributed by atoms with E-state index < -0.39 is 80.0 Å². The van der Waals surface area contributed by atoms with Crippen LogP contribution in [0.15, 0.2) is 30.3 Å². The molecule has 0 saturated carbocycles. The lowest BCUT2D eigenvalue weighted by molar-refractivity contribution is -0.358. The monoisotopic (exact) mass is 502 g/mol. The van der Waals surface area contributed by atoms with Gasteiger partial charge in [0, 0.05) is 6.08 Å². The second-order valence-electron chi connectivity index (χ2n) is 7.90. The van der Waals surface area contributed by atoms with Crippen molar-refractivity contribution in [2.75, 3.05) is 6.61 Å². The van der Waals surface area contributed by atoms with E-state index in [1.54, 1.807) is 0 Å². The highest BCUT2D eigenvalue weighted by molar-refractivity contribution is 5.87. The molecule has 0 bridgehead atoms. The first-order chi connectivity index (χ1) is 16.5. The van der Waals surface area contributed by atoms with Crippen molar-refractivity contribution in [1.29, 1.82) is 0 Å². The Morgan fingerprint density at radius 1 is 0.886 bits per heavy atom. The predicted molar refractivity (Wildman–Crippen MR) is 110 cm³/mol. The van der Waals surface area contributed by atoms with Crippen LogP contribution in [0.2, 0.25) is 0 Å². The van der Waals surface area contributed by atoms with E-state index in [9.17, 15) is 50.4 Å². The van der Waals surface area contributed by atoms with Gasteiger partial charge in [-0.05, 0) is 23.8 Å². The van der Waals surface area contributed by atoms with Crippen LogP contribution < -0.4 is 0 Å². The van der Waals surface area contributed by atoms with Crippen molar-refractivity contribution in [1.82, 2.24) is 0 Å². The number of aromatic hydroxyl groups is 1. The first kappa shape index (κ1) is 26.9. The summed E-state index contributed by atoms with van der Waals surface area (Å²) >= 11 is 0. The molecular formula is C21H26O14. The van der Waals surface area contributed by atoms with Crippen molar-refractivity contribution in [3.05, 3.63) is 35.9 Å². The van der Waals surface area contributed by atoms with Gasteiger partial charge in [0.05, 0.1) is 6.61 Å². The van der Waals surface area contributed by atoms with Crippen molar-refractivity contribution < 1.29 is 69.4 Å². The Bertz CT molecular complexity index is 904. The Kier molecular flexibility index (Phi) is 8.76. The highest BCUT2D eigenvalue weighted by Crippen LogP contribution is 2.30. The predicted octanol–water partition coefficient (Wildman–Crippen LogP) is -3.33. The summed E-state index contributed by atoms with van der Waals surface area (Å²) in [6.07, 6.45) is -16.3. The molecule has 1 aromatic carbocycles. The smallest absolute Gasteiger partial charge is 0.335 e. The maximum atomic E-state index is 12.3. The van der Waals surface area contributed by atoms with Gasteiger partial charge in [0.2, 0.25) is 6.29 Å². The SMILES string of the molecule is O=C(C=Cc1ccc(O)cc1)O[C@@H]1O[C@H](CO)[C@@H](O)[C@H](O)[C@H]1O[C@@H]1O[C@H](C(=O)O)[C@@H](O)[C@H](O)[C@H]1O. The van der Waals surface area contributed by atoms with Crippen molar-refractivity contribution in [3.63, 3.8) is 0 Å². The first-order valence-electron chi connectivity index (χ1n) is 10.4. The molecule has 1 aromatic rings. The van der Waals surface area contributed by atoms with Crippen LogP contribution in [0.5, 0.6) is 5.75 Å². The molecule has 0 aromatic heterocycles. The number of phenols is 1. The molecule has 2 aliphatic rings. The molecule has 0 spiro atoms. The average Bonchev–Trinajstić information content (AvgIpc) is 2.82. The average molecular weight is 502 g/mol. The number of carboxylic acids is 1. The minimum absolute atomic E-state index is 0.0119. The fourth-order valence-corrected chi connectivity index (χ4v) is 3.52. The number of aliphatic hydroxyl groups excluding tert-OH is 6. The number of benzene rings is 1. The van der Waals surface area contributed by atoms with Gasteiger partial charge in [-0.1, -0.05) is 12.1 Å². The molecule has 0 radical (unpaired) electrons. The van der Waals surface area contributed by atoms with E-state index >= 15 is 0 Å². The number of carboxylic acid groups (broad SMARTS) is 1. The summed E-state index contributed by atoms with van der Waals surface area (Å²) in [6, 6.07) is 5.77. The van der Waals surface area contributed by atoms with Crippen LogP contribution in [0.1, 0.15) is 5.56 Å². The van der Waals surface area contributed by atoms with Gasteiger partial charge in [0.1, 0.15) is 42.4 Å². The molecule has 14 heteroatoms. The zero-order valence-electron chi connectivity index (χ0n) is 18.0. The van der Waals surface area contributed by atoms with E-state index in [4.69, 9.17) is 18.9 Å². The summed E-state index contributed by atoms with van der Waals surface area (Å²) < 4.78 is 20.8. The number of aliphatic carboxylic acids is 1. The molecule has 0 unspecified atom stereocenters. The third-order valence-corrected chi connectivity index (χ3v) is 5.47. The zero-order chi connectivity index (χ0) is 25.9. The van der Waals surface area contributed by atoms with Gasteiger partial charge >= 0.3 is 11.9 Å². The molecule has 10 atom stereocenters. The molecule has 2 aliphatic heterocycles. The molecule has 35 heavy (non-hydrogen) atoms. The van der Waals surface area contributed by atoms with Crippen molar-refractivity contribution in [2.45, 2.75) is 61.4 Å². The summed E-state index contributed by atoms with van der Waals surface area (Å²) in [5.74, 6) is -2.68. The second kappa shape index (κ2) is 11.4. The number of phenolic OH excluding ortho intramolecular Hbond substituents is 1. The van der Waals surface area contributed by atoms with E-state index in [1.807, 2.05) is 0 Å². The molecule has 8 N–H and O–H groups in total. The summed E-state index contributed by atoms with van der Waals surface area (Å²) in [5, 5.41) is 78.5. The number of ether oxygens (including phenoxy) is 4. The molecule has 2 heterocycles. The third kappa shape index (κ3) is 6.13. The van der Waals surface area contributed by atoms with Crippen LogP contribution in [0.25, 0.3) is 6.08 Å². The maximum absolute atomic E-state index is 12.3. The van der Waals surface area contributed by atoms with Crippen LogP contribution >= 0.6 is 0 Å². The number of rotatable bonds is 7. The highest BCUT2D eigenvalue weighted by Gasteiger charge is 2.52. The van der Waals surface area contributed by atoms with Gasteiger partial charge < -0.3 is 59.8 Å². The Balaban J connectivity index is 1.77. The molecule has 3 rings (SSSR count). The third-order valence-electron chi connectivity index (χ3n) is 5.47. The van der Waals surface area contributed by atoms with Crippen molar-refractivity contribution in [3.8, 4) is 5.75 Å². The number of hydrogen-bond acceptors (Lipinski definition) is 13. The van der Waals surface area contributed by atoms with E-state index in [1.165, 1.54) is 30.3 Å². The van der Waals surface area contributed by atoms with Gasteiger partial charge in [-0.3, -0.25) is 0 Å². The van der Waals surface area contributed by atoms with Gasteiger partial charge in [0.15, 0.2) is 18.5 Å². The fourth-order valence-electron chi connectivity index (χ4n) is 3.52. The fraction of sp³-hybridized carbons (Fsp3) is 0.524. The quantitative estimate of drug-likeness (QED) is 0.135. The summed E-state index contributed by atoms with van der Waals surface area (Å²) in [6.45, 7) is -0.781. The Hall–Kier alpha value is -2.66. The Labute approximate surface area is 197 Å². The van der Waals surface area contributed by atoms with Crippen LogP contribution in [-0.4, -0.2) is 121 Å². The Morgan fingerprint density at radius 2 is 1.54 bits per heavy atom. The van der Waals surface area contributed by atoms with E-state index in [-0.39, 0.29) is 5.75 Å². The molecule has 2 saturated heterocycles. The Morgan fingerprint density at radius 3 is 2.14 bits per heavy atom. The molecule has 194 valence electrons. The minimum atomic E-state index is -2.01. The highest BCUT2D eigenvalue weighted by atomic mass is 16.8. The first-order valence-corrected chi connectivity index (χ1v) is 10.4. The number of esters is 1. The number of hydrogen-bond donors (Lipinski definition) is 8. The molecule has 14 nitrogen and oxygen atoms in total. The number of aliphatic hydroxyl groups is 6. The van der Waals surface area contributed by atoms with Gasteiger partial charge in [-0.15, -0.1) is 0 Å². The van der Waals surface area contributed by atoms with Crippen LogP contribution in [-0.2, 0) is 28.5 Å². The lowest BCUT2D eigenvalue weighted by atomic mass is 9.97. The zero-order valence-corrected chi connectivity index (χ0v) is 18.0. The second-order valence-corrected chi connectivity index (χ2v) is 7.90. The molecule has 0 aliphatic carbocycles.